The van der Waals surface area contributed by atoms with Crippen LogP contribution in [0, 0.1) is 6.92 Å². The highest BCUT2D eigenvalue weighted by molar-refractivity contribution is 9.10. The van der Waals surface area contributed by atoms with Crippen LogP contribution in [0.2, 0.25) is 0 Å². The molecule has 18 heavy (non-hydrogen) atoms. The van der Waals surface area contributed by atoms with E-state index in [0.717, 1.165) is 16.7 Å². The van der Waals surface area contributed by atoms with E-state index >= 15 is 0 Å². The summed E-state index contributed by atoms with van der Waals surface area (Å²) in [6, 6.07) is 6.52. The molecule has 96 valence electrons. The summed E-state index contributed by atoms with van der Waals surface area (Å²) in [5, 5.41) is 7.82. The molecule has 0 bridgehead atoms. The molecular weight excluding hydrogens is 290 g/mol. The summed E-state index contributed by atoms with van der Waals surface area (Å²) in [5.74, 6) is 0. The third-order valence-corrected chi connectivity index (χ3v) is 3.53. The largest absolute Gasteiger partial charge is 0.378 e. The van der Waals surface area contributed by atoms with Crippen LogP contribution in [0.3, 0.4) is 0 Å². The molecule has 2 rings (SSSR count). The highest BCUT2D eigenvalue weighted by atomic mass is 79.9. The van der Waals surface area contributed by atoms with Crippen molar-refractivity contribution in [1.29, 1.82) is 0 Å². The van der Waals surface area contributed by atoms with Gasteiger partial charge < -0.3 is 5.32 Å². The maximum Gasteiger partial charge on any atom is 0.0542 e. The highest BCUT2D eigenvalue weighted by Gasteiger charge is 2.09. The van der Waals surface area contributed by atoms with Crippen LogP contribution in [0.5, 0.6) is 0 Å². The third kappa shape index (κ3) is 2.93. The molecule has 0 fully saturated rings. The number of nitrogens with one attached hydrogen (secondary N) is 1. The van der Waals surface area contributed by atoms with E-state index in [-0.39, 0.29) is 6.04 Å². The zero-order valence-corrected chi connectivity index (χ0v) is 12.5. The van der Waals surface area contributed by atoms with E-state index in [9.17, 15) is 0 Å². The van der Waals surface area contributed by atoms with Crippen molar-refractivity contribution in [2.45, 2.75) is 33.4 Å². The maximum absolute atomic E-state index is 4.30. The summed E-state index contributed by atoms with van der Waals surface area (Å²) >= 11 is 3.48. The van der Waals surface area contributed by atoms with E-state index in [0.29, 0.717) is 0 Å². The van der Waals surface area contributed by atoms with Gasteiger partial charge in [0.25, 0.3) is 0 Å². The second kappa shape index (κ2) is 5.57. The van der Waals surface area contributed by atoms with Gasteiger partial charge in [-0.2, -0.15) is 5.10 Å². The van der Waals surface area contributed by atoms with Crippen molar-refractivity contribution in [2.24, 2.45) is 0 Å². The first kappa shape index (κ1) is 13.1. The summed E-state index contributed by atoms with van der Waals surface area (Å²) in [5.41, 5.74) is 3.60. The Morgan fingerprint density at radius 1 is 1.44 bits per heavy atom. The van der Waals surface area contributed by atoms with E-state index in [2.05, 4.69) is 71.5 Å². The van der Waals surface area contributed by atoms with E-state index in [4.69, 9.17) is 0 Å². The molecule has 1 atom stereocenters. The first-order valence-electron chi connectivity index (χ1n) is 6.15. The van der Waals surface area contributed by atoms with Gasteiger partial charge in [-0.3, -0.25) is 4.68 Å². The zero-order valence-electron chi connectivity index (χ0n) is 10.9. The average molecular weight is 308 g/mol. The van der Waals surface area contributed by atoms with E-state index < -0.39 is 0 Å². The van der Waals surface area contributed by atoms with Gasteiger partial charge in [-0.05, 0) is 44.5 Å². The summed E-state index contributed by atoms with van der Waals surface area (Å²) in [7, 11) is 0. The first-order valence-corrected chi connectivity index (χ1v) is 6.94. The van der Waals surface area contributed by atoms with Crippen molar-refractivity contribution in [3.8, 4) is 0 Å². The quantitative estimate of drug-likeness (QED) is 0.919. The molecule has 0 radical (unpaired) electrons. The van der Waals surface area contributed by atoms with Gasteiger partial charge in [0.05, 0.1) is 12.2 Å². The van der Waals surface area contributed by atoms with Crippen molar-refractivity contribution in [1.82, 2.24) is 9.78 Å². The molecule has 0 aliphatic heterocycles. The van der Waals surface area contributed by atoms with Crippen molar-refractivity contribution >= 4 is 21.6 Å². The maximum atomic E-state index is 4.30. The summed E-state index contributed by atoms with van der Waals surface area (Å²) in [6.07, 6.45) is 4.02. The van der Waals surface area contributed by atoms with Crippen LogP contribution in [0.25, 0.3) is 0 Å². The predicted molar refractivity (Wildman–Crippen MR) is 78.8 cm³/mol. The van der Waals surface area contributed by atoms with Crippen molar-refractivity contribution in [2.75, 3.05) is 5.32 Å². The first-order chi connectivity index (χ1) is 8.60. The smallest absolute Gasteiger partial charge is 0.0542 e. The Morgan fingerprint density at radius 3 is 2.83 bits per heavy atom. The average Bonchev–Trinajstić information content (AvgIpc) is 2.81. The number of aryl methyl sites for hydroxylation is 2. The Labute approximate surface area is 116 Å². The number of anilines is 1. The number of nitrogens with zero attached hydrogens (tertiary/aromatic N) is 2. The van der Waals surface area contributed by atoms with Crippen molar-refractivity contribution < 1.29 is 0 Å². The lowest BCUT2D eigenvalue weighted by Gasteiger charge is -2.15. The van der Waals surface area contributed by atoms with Gasteiger partial charge in [0.15, 0.2) is 0 Å². The summed E-state index contributed by atoms with van der Waals surface area (Å²) < 4.78 is 3.05. The van der Waals surface area contributed by atoms with E-state index in [1.165, 1.54) is 11.1 Å². The molecule has 0 amide bonds. The minimum atomic E-state index is 0.255. The monoisotopic (exact) mass is 307 g/mol. The van der Waals surface area contributed by atoms with Gasteiger partial charge in [0.1, 0.15) is 0 Å². The van der Waals surface area contributed by atoms with E-state index in [1.807, 2.05) is 10.9 Å². The van der Waals surface area contributed by atoms with Crippen LogP contribution >= 0.6 is 15.9 Å². The van der Waals surface area contributed by atoms with Crippen molar-refractivity contribution in [3.05, 3.63) is 46.2 Å². The number of aromatic nitrogens is 2. The fourth-order valence-corrected chi connectivity index (χ4v) is 2.36. The molecule has 0 spiro atoms. The van der Waals surface area contributed by atoms with Crippen LogP contribution in [0.4, 0.5) is 5.69 Å². The number of hydrogen-bond acceptors (Lipinski definition) is 2. The molecule has 1 heterocycles. The molecule has 0 saturated carbocycles. The summed E-state index contributed by atoms with van der Waals surface area (Å²) in [4.78, 5) is 0. The van der Waals surface area contributed by atoms with Gasteiger partial charge in [-0.25, -0.2) is 0 Å². The lowest BCUT2D eigenvalue weighted by atomic mass is 10.1. The molecule has 0 saturated heterocycles. The van der Waals surface area contributed by atoms with Crippen LogP contribution in [0.1, 0.15) is 31.0 Å². The molecule has 0 aliphatic rings. The number of hydrogen-bond donors (Lipinski definition) is 1. The normalized spacial score (nSPS) is 12.4. The van der Waals surface area contributed by atoms with Crippen molar-refractivity contribution in [3.63, 3.8) is 0 Å². The van der Waals surface area contributed by atoms with Crippen LogP contribution in [0.15, 0.2) is 35.1 Å². The lowest BCUT2D eigenvalue weighted by molar-refractivity contribution is 0.658. The zero-order chi connectivity index (χ0) is 13.1. The van der Waals surface area contributed by atoms with Crippen LogP contribution < -0.4 is 5.32 Å². The van der Waals surface area contributed by atoms with Crippen LogP contribution in [-0.2, 0) is 6.54 Å². The molecule has 1 N–H and O–H groups in total. The molecule has 2 aromatic rings. The van der Waals surface area contributed by atoms with E-state index in [1.54, 1.807) is 0 Å². The van der Waals surface area contributed by atoms with Gasteiger partial charge in [0, 0.05) is 28.5 Å². The second-order valence-electron chi connectivity index (χ2n) is 4.45. The summed E-state index contributed by atoms with van der Waals surface area (Å²) in [6.45, 7) is 7.26. The Hall–Kier alpha value is -1.29. The van der Waals surface area contributed by atoms with Gasteiger partial charge in [-0.1, -0.05) is 15.9 Å². The van der Waals surface area contributed by atoms with Gasteiger partial charge in [-0.15, -0.1) is 0 Å². The standard InChI is InChI=1S/C14H18BrN3/c1-4-18-9-12(8-16-18)11(3)17-14-6-5-13(15)7-10(14)2/h5-9,11,17H,4H2,1-3H3. The fourth-order valence-electron chi connectivity index (χ4n) is 1.88. The Morgan fingerprint density at radius 2 is 2.22 bits per heavy atom. The number of halogens is 1. The SMILES string of the molecule is CCn1cc(C(C)Nc2ccc(Br)cc2C)cn1. The van der Waals surface area contributed by atoms with Gasteiger partial charge in [0.2, 0.25) is 0 Å². The Kier molecular flexibility index (Phi) is 4.07. The third-order valence-electron chi connectivity index (χ3n) is 3.04. The second-order valence-corrected chi connectivity index (χ2v) is 5.37. The molecule has 1 unspecified atom stereocenters. The Bertz CT molecular complexity index is 534. The molecule has 0 aliphatic carbocycles. The number of benzene rings is 1. The Balaban J connectivity index is 2.13. The molecule has 3 nitrogen and oxygen atoms in total. The fraction of sp³-hybridized carbons (Fsp3) is 0.357. The van der Waals surface area contributed by atoms with Gasteiger partial charge >= 0.3 is 0 Å². The topological polar surface area (TPSA) is 29.9 Å². The van der Waals surface area contributed by atoms with Crippen LogP contribution in [-0.4, -0.2) is 9.78 Å². The molecule has 1 aromatic carbocycles. The predicted octanol–water partition coefficient (Wildman–Crippen LogP) is 4.15. The number of rotatable bonds is 4. The molecular formula is C14H18BrN3. The molecule has 1 aromatic heterocycles. The minimum Gasteiger partial charge on any atom is -0.378 e. The lowest BCUT2D eigenvalue weighted by Crippen LogP contribution is -2.07. The minimum absolute atomic E-state index is 0.255. The highest BCUT2D eigenvalue weighted by Crippen LogP contribution is 2.24. The molecule has 4 heteroatoms.